The van der Waals surface area contributed by atoms with Crippen molar-refractivity contribution < 1.29 is 14.3 Å². The number of amides is 1. The van der Waals surface area contributed by atoms with Gasteiger partial charge in [-0.3, -0.25) is 4.79 Å². The van der Waals surface area contributed by atoms with Crippen LogP contribution in [0.2, 0.25) is 0 Å². The van der Waals surface area contributed by atoms with Crippen LogP contribution in [0.4, 0.5) is 4.39 Å². The summed E-state index contributed by atoms with van der Waals surface area (Å²) in [6.07, 6.45) is 0.740. The lowest BCUT2D eigenvalue weighted by Crippen LogP contribution is -2.34. The van der Waals surface area contributed by atoms with Crippen molar-refractivity contribution in [2.24, 2.45) is 0 Å². The standard InChI is InChI=1S/C20H25FN2O2/c1-22-19(24)18-7-5-4-6-15(18)14-20(25,12-13-23(2)3)16-8-10-17(21)11-9-16/h4-11,25H,12-14H2,1-3H3,(H,22,24). The molecule has 0 radical (unpaired) electrons. The van der Waals surface area contributed by atoms with Crippen molar-refractivity contribution in [3.63, 3.8) is 0 Å². The Hall–Kier alpha value is -2.24. The Kier molecular flexibility index (Phi) is 6.28. The molecule has 25 heavy (non-hydrogen) atoms. The van der Waals surface area contributed by atoms with Crippen LogP contribution < -0.4 is 5.32 Å². The minimum atomic E-state index is -1.19. The van der Waals surface area contributed by atoms with Crippen LogP contribution in [0, 0.1) is 5.82 Å². The molecule has 2 N–H and O–H groups in total. The number of carbonyl (C=O) groups is 1. The zero-order chi connectivity index (χ0) is 18.4. The topological polar surface area (TPSA) is 52.6 Å². The van der Waals surface area contributed by atoms with Gasteiger partial charge in [0.15, 0.2) is 0 Å². The van der Waals surface area contributed by atoms with E-state index in [0.29, 0.717) is 24.1 Å². The molecular weight excluding hydrogens is 319 g/mol. The molecule has 1 amide bonds. The summed E-state index contributed by atoms with van der Waals surface area (Å²) >= 11 is 0. The molecule has 0 aliphatic heterocycles. The first kappa shape index (κ1) is 19.1. The van der Waals surface area contributed by atoms with Crippen LogP contribution in [0.5, 0.6) is 0 Å². The zero-order valence-electron chi connectivity index (χ0n) is 14.9. The number of nitrogens with zero attached hydrogens (tertiary/aromatic N) is 1. The van der Waals surface area contributed by atoms with Crippen LogP contribution in [-0.4, -0.2) is 43.6 Å². The molecule has 0 fully saturated rings. The van der Waals surface area contributed by atoms with E-state index in [1.165, 1.54) is 12.1 Å². The maximum Gasteiger partial charge on any atom is 0.251 e. The summed E-state index contributed by atoms with van der Waals surface area (Å²) in [6.45, 7) is 0.663. The fraction of sp³-hybridized carbons (Fsp3) is 0.350. The number of carbonyl (C=O) groups excluding carboxylic acids is 1. The lowest BCUT2D eigenvalue weighted by atomic mass is 9.83. The molecule has 0 heterocycles. The molecule has 0 saturated heterocycles. The van der Waals surface area contributed by atoms with Crippen LogP contribution in [0.25, 0.3) is 0 Å². The SMILES string of the molecule is CNC(=O)c1ccccc1CC(O)(CCN(C)C)c1ccc(F)cc1. The number of nitrogens with one attached hydrogen (secondary N) is 1. The number of aliphatic hydroxyl groups is 1. The van der Waals surface area contributed by atoms with Gasteiger partial charge in [-0.25, -0.2) is 4.39 Å². The van der Waals surface area contributed by atoms with E-state index >= 15 is 0 Å². The molecule has 0 bridgehead atoms. The van der Waals surface area contributed by atoms with E-state index in [1.807, 2.05) is 31.1 Å². The highest BCUT2D eigenvalue weighted by atomic mass is 19.1. The van der Waals surface area contributed by atoms with Gasteiger partial charge in [-0.2, -0.15) is 0 Å². The number of rotatable bonds is 7. The molecule has 2 rings (SSSR count). The van der Waals surface area contributed by atoms with E-state index in [2.05, 4.69) is 5.32 Å². The van der Waals surface area contributed by atoms with Crippen LogP contribution >= 0.6 is 0 Å². The quantitative estimate of drug-likeness (QED) is 0.812. The highest BCUT2D eigenvalue weighted by Crippen LogP contribution is 2.31. The van der Waals surface area contributed by atoms with Crippen molar-refractivity contribution in [2.45, 2.75) is 18.4 Å². The summed E-state index contributed by atoms with van der Waals surface area (Å²) in [5.74, 6) is -0.533. The second kappa shape index (κ2) is 8.23. The molecule has 134 valence electrons. The fourth-order valence-electron chi connectivity index (χ4n) is 2.85. The van der Waals surface area contributed by atoms with Gasteiger partial charge in [-0.05, 0) is 49.8 Å². The normalized spacial score (nSPS) is 13.5. The van der Waals surface area contributed by atoms with Gasteiger partial charge in [0.1, 0.15) is 5.82 Å². The smallest absolute Gasteiger partial charge is 0.251 e. The molecule has 0 aliphatic carbocycles. The average molecular weight is 344 g/mol. The molecule has 1 unspecified atom stereocenters. The maximum absolute atomic E-state index is 13.3. The van der Waals surface area contributed by atoms with Crippen molar-refractivity contribution in [3.05, 3.63) is 71.0 Å². The molecule has 5 heteroatoms. The first-order chi connectivity index (χ1) is 11.9. The highest BCUT2D eigenvalue weighted by Gasteiger charge is 2.31. The van der Waals surface area contributed by atoms with Crippen molar-refractivity contribution in [1.29, 1.82) is 0 Å². The number of halogens is 1. The Bertz CT molecular complexity index is 716. The second-order valence-electron chi connectivity index (χ2n) is 6.50. The van der Waals surface area contributed by atoms with E-state index in [9.17, 15) is 14.3 Å². The predicted molar refractivity (Wildman–Crippen MR) is 97.0 cm³/mol. The van der Waals surface area contributed by atoms with E-state index < -0.39 is 5.60 Å². The van der Waals surface area contributed by atoms with Crippen molar-refractivity contribution in [2.75, 3.05) is 27.7 Å². The van der Waals surface area contributed by atoms with Gasteiger partial charge < -0.3 is 15.3 Å². The highest BCUT2D eigenvalue weighted by molar-refractivity contribution is 5.95. The van der Waals surface area contributed by atoms with Crippen LogP contribution in [0.15, 0.2) is 48.5 Å². The van der Waals surface area contributed by atoms with E-state index in [0.717, 1.165) is 5.56 Å². The molecule has 0 aliphatic rings. The van der Waals surface area contributed by atoms with Gasteiger partial charge in [0.05, 0.1) is 5.60 Å². The third kappa shape index (κ3) is 4.87. The molecule has 2 aromatic carbocycles. The summed E-state index contributed by atoms with van der Waals surface area (Å²) in [7, 11) is 5.45. The first-order valence-electron chi connectivity index (χ1n) is 8.29. The Labute approximate surface area is 148 Å². The van der Waals surface area contributed by atoms with Crippen LogP contribution in [0.1, 0.15) is 27.9 Å². The van der Waals surface area contributed by atoms with Gasteiger partial charge in [0.2, 0.25) is 0 Å². The minimum absolute atomic E-state index is 0.190. The Morgan fingerprint density at radius 1 is 1.16 bits per heavy atom. The fourth-order valence-corrected chi connectivity index (χ4v) is 2.85. The van der Waals surface area contributed by atoms with E-state index in [4.69, 9.17) is 0 Å². The largest absolute Gasteiger partial charge is 0.385 e. The summed E-state index contributed by atoms with van der Waals surface area (Å²) in [5.41, 5.74) is 0.743. The first-order valence-corrected chi connectivity index (χ1v) is 8.29. The third-order valence-electron chi connectivity index (χ3n) is 4.33. The Morgan fingerprint density at radius 2 is 1.80 bits per heavy atom. The summed E-state index contributed by atoms with van der Waals surface area (Å²) in [6, 6.07) is 13.1. The summed E-state index contributed by atoms with van der Waals surface area (Å²) in [5, 5.41) is 14.0. The Balaban J connectivity index is 2.40. The van der Waals surface area contributed by atoms with Crippen LogP contribution in [0.3, 0.4) is 0 Å². The minimum Gasteiger partial charge on any atom is -0.385 e. The monoisotopic (exact) mass is 344 g/mol. The number of hydrogen-bond donors (Lipinski definition) is 2. The molecule has 2 aromatic rings. The van der Waals surface area contributed by atoms with E-state index in [1.54, 1.807) is 31.3 Å². The third-order valence-corrected chi connectivity index (χ3v) is 4.33. The lowest BCUT2D eigenvalue weighted by molar-refractivity contribution is 0.0210. The second-order valence-corrected chi connectivity index (χ2v) is 6.50. The van der Waals surface area contributed by atoms with Crippen molar-refractivity contribution in [1.82, 2.24) is 10.2 Å². The zero-order valence-corrected chi connectivity index (χ0v) is 14.9. The van der Waals surface area contributed by atoms with Crippen molar-refractivity contribution >= 4 is 5.91 Å². The van der Waals surface area contributed by atoms with E-state index in [-0.39, 0.29) is 18.1 Å². The summed E-state index contributed by atoms with van der Waals surface area (Å²) in [4.78, 5) is 14.1. The summed E-state index contributed by atoms with van der Waals surface area (Å²) < 4.78 is 13.3. The van der Waals surface area contributed by atoms with Gasteiger partial charge in [-0.15, -0.1) is 0 Å². The molecule has 4 nitrogen and oxygen atoms in total. The molecule has 0 aromatic heterocycles. The van der Waals surface area contributed by atoms with Crippen LogP contribution in [-0.2, 0) is 12.0 Å². The van der Waals surface area contributed by atoms with Gasteiger partial charge in [-0.1, -0.05) is 30.3 Å². The number of benzene rings is 2. The van der Waals surface area contributed by atoms with Gasteiger partial charge in [0, 0.05) is 25.6 Å². The molecule has 0 saturated carbocycles. The average Bonchev–Trinajstić information content (AvgIpc) is 2.60. The van der Waals surface area contributed by atoms with Crippen molar-refractivity contribution in [3.8, 4) is 0 Å². The molecular formula is C20H25FN2O2. The molecule has 1 atom stereocenters. The molecule has 0 spiro atoms. The predicted octanol–water partition coefficient (Wildman–Crippen LogP) is 2.57. The Morgan fingerprint density at radius 3 is 2.40 bits per heavy atom. The maximum atomic E-state index is 13.3. The lowest BCUT2D eigenvalue weighted by Gasteiger charge is -2.31. The number of hydrogen-bond acceptors (Lipinski definition) is 3. The van der Waals surface area contributed by atoms with Gasteiger partial charge >= 0.3 is 0 Å². The van der Waals surface area contributed by atoms with Gasteiger partial charge in [0.25, 0.3) is 5.91 Å².